The summed E-state index contributed by atoms with van der Waals surface area (Å²) in [6.07, 6.45) is 9.74. The Morgan fingerprint density at radius 3 is 2.85 bits per heavy atom. The Bertz CT molecular complexity index is 843. The van der Waals surface area contributed by atoms with E-state index in [-0.39, 0.29) is 0 Å². The molecule has 8 heteroatoms. The number of hydrogen-bond donors (Lipinski definition) is 0. The molecular formula is C18H23N7S. The number of imidazole rings is 1. The van der Waals surface area contributed by atoms with Crippen LogP contribution in [-0.4, -0.2) is 51.7 Å². The average Bonchev–Trinajstić information content (AvgIpc) is 3.34. The van der Waals surface area contributed by atoms with Crippen molar-refractivity contribution < 1.29 is 0 Å². The molecule has 0 N–H and O–H groups in total. The van der Waals surface area contributed by atoms with Crippen LogP contribution in [0.25, 0.3) is 0 Å². The van der Waals surface area contributed by atoms with Gasteiger partial charge in [0.1, 0.15) is 5.82 Å². The van der Waals surface area contributed by atoms with Gasteiger partial charge in [0.25, 0.3) is 0 Å². The van der Waals surface area contributed by atoms with Gasteiger partial charge in [-0.25, -0.2) is 19.9 Å². The van der Waals surface area contributed by atoms with Crippen LogP contribution in [0.3, 0.4) is 0 Å². The summed E-state index contributed by atoms with van der Waals surface area (Å²) in [6.45, 7) is 2.69. The molecule has 7 nitrogen and oxygen atoms in total. The summed E-state index contributed by atoms with van der Waals surface area (Å²) in [5.41, 5.74) is 2.97. The summed E-state index contributed by atoms with van der Waals surface area (Å²) in [6, 6.07) is 0. The molecule has 4 rings (SSSR count). The summed E-state index contributed by atoms with van der Waals surface area (Å²) in [7, 11) is 4.02. The molecule has 1 aliphatic rings. The van der Waals surface area contributed by atoms with Crippen molar-refractivity contribution in [3.63, 3.8) is 0 Å². The predicted octanol–water partition coefficient (Wildman–Crippen LogP) is 2.63. The highest BCUT2D eigenvalue weighted by Crippen LogP contribution is 2.31. The molecular weight excluding hydrogens is 346 g/mol. The summed E-state index contributed by atoms with van der Waals surface area (Å²) in [5, 5.41) is 2.10. The smallest absolute Gasteiger partial charge is 0.171 e. The number of nitrogens with zero attached hydrogens (tertiary/aromatic N) is 7. The third-order valence-electron chi connectivity index (χ3n) is 4.73. The molecule has 26 heavy (non-hydrogen) atoms. The van der Waals surface area contributed by atoms with Crippen molar-refractivity contribution in [1.82, 2.24) is 24.5 Å². The lowest BCUT2D eigenvalue weighted by Crippen LogP contribution is -2.37. The zero-order valence-corrected chi connectivity index (χ0v) is 15.9. The molecule has 1 fully saturated rings. The number of thiazole rings is 1. The number of hydrogen-bond acceptors (Lipinski definition) is 7. The van der Waals surface area contributed by atoms with Gasteiger partial charge in [-0.05, 0) is 12.8 Å². The van der Waals surface area contributed by atoms with Crippen molar-refractivity contribution >= 4 is 23.0 Å². The zero-order chi connectivity index (χ0) is 17.9. The van der Waals surface area contributed by atoms with Crippen LogP contribution in [0.5, 0.6) is 0 Å². The van der Waals surface area contributed by atoms with E-state index in [9.17, 15) is 0 Å². The van der Waals surface area contributed by atoms with Crippen LogP contribution in [0.4, 0.5) is 11.6 Å². The lowest BCUT2D eigenvalue weighted by Gasteiger charge is -2.34. The SMILES string of the molecule is CN(C)c1nccnc1N1CCCC(c2nccn2Cc2cscn2)C1. The first-order chi connectivity index (χ1) is 12.7. The van der Waals surface area contributed by atoms with Gasteiger partial charge in [-0.2, -0.15) is 0 Å². The van der Waals surface area contributed by atoms with E-state index in [1.54, 1.807) is 23.7 Å². The second-order valence-corrected chi connectivity index (χ2v) is 7.49. The summed E-state index contributed by atoms with van der Waals surface area (Å²) >= 11 is 1.63. The van der Waals surface area contributed by atoms with Gasteiger partial charge in [0.2, 0.25) is 0 Å². The van der Waals surface area contributed by atoms with Crippen LogP contribution in [0.2, 0.25) is 0 Å². The average molecular weight is 369 g/mol. The molecule has 136 valence electrons. The lowest BCUT2D eigenvalue weighted by atomic mass is 9.97. The quantitative estimate of drug-likeness (QED) is 0.689. The third-order valence-corrected chi connectivity index (χ3v) is 5.37. The van der Waals surface area contributed by atoms with E-state index in [4.69, 9.17) is 0 Å². The van der Waals surface area contributed by atoms with Gasteiger partial charge >= 0.3 is 0 Å². The predicted molar refractivity (Wildman–Crippen MR) is 104 cm³/mol. The van der Waals surface area contributed by atoms with Crippen molar-refractivity contribution in [2.75, 3.05) is 37.0 Å². The molecule has 0 aromatic carbocycles. The first kappa shape index (κ1) is 17.0. The van der Waals surface area contributed by atoms with Gasteiger partial charge in [0.05, 0.1) is 17.7 Å². The lowest BCUT2D eigenvalue weighted by molar-refractivity contribution is 0.473. The van der Waals surface area contributed by atoms with Crippen LogP contribution < -0.4 is 9.80 Å². The van der Waals surface area contributed by atoms with Gasteiger partial charge in [0.15, 0.2) is 11.6 Å². The minimum atomic E-state index is 0.384. The molecule has 4 heterocycles. The van der Waals surface area contributed by atoms with Crippen LogP contribution in [0.1, 0.15) is 30.3 Å². The first-order valence-corrected chi connectivity index (χ1v) is 9.78. The van der Waals surface area contributed by atoms with Crippen molar-refractivity contribution in [1.29, 1.82) is 0 Å². The zero-order valence-electron chi connectivity index (χ0n) is 15.1. The number of rotatable bonds is 5. The van der Waals surface area contributed by atoms with E-state index >= 15 is 0 Å². The van der Waals surface area contributed by atoms with Crippen molar-refractivity contribution in [2.45, 2.75) is 25.3 Å². The Hall–Kier alpha value is -2.48. The van der Waals surface area contributed by atoms with E-state index in [0.717, 1.165) is 55.6 Å². The molecule has 0 radical (unpaired) electrons. The number of piperidine rings is 1. The Morgan fingerprint density at radius 1 is 1.15 bits per heavy atom. The standard InChI is InChI=1S/C18H23N7S/c1-23(2)17-18(20-6-5-19-17)24-8-3-4-14(10-24)16-21-7-9-25(16)11-15-12-26-13-22-15/h5-7,9,12-14H,3-4,8,10-11H2,1-2H3. The van der Waals surface area contributed by atoms with Crippen LogP contribution in [0, 0.1) is 0 Å². The molecule has 1 aliphatic heterocycles. The normalized spacial score (nSPS) is 17.5. The highest BCUT2D eigenvalue weighted by atomic mass is 32.1. The third kappa shape index (κ3) is 3.41. The minimum Gasteiger partial charge on any atom is -0.360 e. The molecule has 3 aromatic heterocycles. The molecule has 1 unspecified atom stereocenters. The van der Waals surface area contributed by atoms with Gasteiger partial charge in [-0.1, -0.05) is 0 Å². The topological polar surface area (TPSA) is 63.0 Å². The fraction of sp³-hybridized carbons (Fsp3) is 0.444. The maximum atomic E-state index is 4.67. The summed E-state index contributed by atoms with van der Waals surface area (Å²) in [4.78, 5) is 22.6. The fourth-order valence-corrected chi connectivity index (χ4v) is 4.10. The van der Waals surface area contributed by atoms with E-state index < -0.39 is 0 Å². The Labute approximate surface area is 157 Å². The Balaban J connectivity index is 1.56. The van der Waals surface area contributed by atoms with E-state index in [1.165, 1.54) is 0 Å². The summed E-state index contributed by atoms with van der Waals surface area (Å²) in [5.74, 6) is 3.39. The Morgan fingerprint density at radius 2 is 2.04 bits per heavy atom. The maximum Gasteiger partial charge on any atom is 0.171 e. The molecule has 0 spiro atoms. The minimum absolute atomic E-state index is 0.384. The van der Waals surface area contributed by atoms with E-state index in [1.807, 2.05) is 30.7 Å². The van der Waals surface area contributed by atoms with Crippen LogP contribution >= 0.6 is 11.3 Å². The molecule has 0 aliphatic carbocycles. The molecule has 1 atom stereocenters. The monoisotopic (exact) mass is 369 g/mol. The van der Waals surface area contributed by atoms with Gasteiger partial charge in [-0.15, -0.1) is 11.3 Å². The molecule has 3 aromatic rings. The molecule has 0 saturated carbocycles. The summed E-state index contributed by atoms with van der Waals surface area (Å²) < 4.78 is 2.23. The van der Waals surface area contributed by atoms with E-state index in [2.05, 4.69) is 41.0 Å². The molecule has 0 bridgehead atoms. The van der Waals surface area contributed by atoms with Crippen LogP contribution in [0.15, 0.2) is 35.7 Å². The van der Waals surface area contributed by atoms with Crippen molar-refractivity contribution in [3.8, 4) is 0 Å². The van der Waals surface area contributed by atoms with Gasteiger partial charge in [-0.3, -0.25) is 0 Å². The second kappa shape index (κ2) is 7.41. The fourth-order valence-electron chi connectivity index (χ4n) is 3.55. The van der Waals surface area contributed by atoms with E-state index in [0.29, 0.717) is 5.92 Å². The van der Waals surface area contributed by atoms with Crippen LogP contribution in [-0.2, 0) is 6.54 Å². The van der Waals surface area contributed by atoms with Crippen molar-refractivity contribution in [3.05, 3.63) is 47.2 Å². The van der Waals surface area contributed by atoms with Crippen molar-refractivity contribution in [2.24, 2.45) is 0 Å². The largest absolute Gasteiger partial charge is 0.360 e. The van der Waals surface area contributed by atoms with Gasteiger partial charge < -0.3 is 14.4 Å². The molecule has 0 amide bonds. The second-order valence-electron chi connectivity index (χ2n) is 6.78. The number of aromatic nitrogens is 5. The van der Waals surface area contributed by atoms with Gasteiger partial charge in [0, 0.05) is 63.3 Å². The maximum absolute atomic E-state index is 4.67. The highest BCUT2D eigenvalue weighted by molar-refractivity contribution is 7.07. The highest BCUT2D eigenvalue weighted by Gasteiger charge is 2.27. The molecule has 1 saturated heterocycles. The number of anilines is 2. The Kier molecular flexibility index (Phi) is 4.83. The first-order valence-electron chi connectivity index (χ1n) is 8.83.